The first kappa shape index (κ1) is 37.9. The minimum Gasteiger partial charge on any atom is -0.507 e. The number of rotatable bonds is 12. The average Bonchev–Trinajstić information content (AvgIpc) is 3.23. The van der Waals surface area contributed by atoms with Crippen molar-refractivity contribution >= 4 is 15.9 Å². The normalized spacial score (nSPS) is 18.3. The van der Waals surface area contributed by atoms with Crippen LogP contribution in [0.1, 0.15) is 38.9 Å². The smallest absolute Gasteiger partial charge is 0.168 e. The minimum absolute atomic E-state index is 0.139. The van der Waals surface area contributed by atoms with Gasteiger partial charge in [0.25, 0.3) is 0 Å². The Balaban J connectivity index is 1.59. The molecule has 0 bridgehead atoms. The van der Waals surface area contributed by atoms with Crippen LogP contribution in [0.2, 0.25) is 0 Å². The zero-order chi connectivity index (χ0) is 39.5. The molecule has 7 aromatic carbocycles. The van der Waals surface area contributed by atoms with E-state index in [9.17, 15) is 20.4 Å². The summed E-state index contributed by atoms with van der Waals surface area (Å²) in [6.07, 6.45) is 1.25. The first-order valence-electron chi connectivity index (χ1n) is 19.0. The van der Waals surface area contributed by atoms with Crippen molar-refractivity contribution in [2.75, 3.05) is 0 Å². The molecule has 7 heteroatoms. The highest BCUT2D eigenvalue weighted by atomic mass is 79.9. The summed E-state index contributed by atoms with van der Waals surface area (Å²) in [5.74, 6) is -0.668. The second-order valence-corrected chi connectivity index (χ2v) is 15.7. The van der Waals surface area contributed by atoms with E-state index in [1.807, 2.05) is 115 Å². The maximum Gasteiger partial charge on any atom is 0.168 e. The number of ether oxygens (including phenoxy) is 2. The van der Waals surface area contributed by atoms with E-state index in [4.69, 9.17) is 9.47 Å². The summed E-state index contributed by atoms with van der Waals surface area (Å²) in [6.45, 7) is 0.165. The van der Waals surface area contributed by atoms with Crippen LogP contribution in [0.25, 0.3) is 0 Å². The highest BCUT2D eigenvalue weighted by Crippen LogP contribution is 2.66. The van der Waals surface area contributed by atoms with Gasteiger partial charge in [0.05, 0.1) is 6.61 Å². The third-order valence-electron chi connectivity index (χ3n) is 11.4. The minimum atomic E-state index is -1.52. The molecule has 0 saturated heterocycles. The molecule has 0 fully saturated rings. The molecule has 7 aromatic rings. The van der Waals surface area contributed by atoms with Crippen molar-refractivity contribution in [1.82, 2.24) is 0 Å². The molecular weight excluding hydrogens is 776 g/mol. The van der Waals surface area contributed by atoms with E-state index in [0.717, 1.165) is 27.8 Å². The van der Waals surface area contributed by atoms with E-state index in [-0.39, 0.29) is 52.7 Å². The largest absolute Gasteiger partial charge is 0.507 e. The molecule has 2 atom stereocenters. The van der Waals surface area contributed by atoms with Gasteiger partial charge in [-0.25, -0.2) is 0 Å². The highest BCUT2D eigenvalue weighted by Gasteiger charge is 2.71. The monoisotopic (exact) mass is 818 g/mol. The number of aromatic hydroxyl groups is 4. The fourth-order valence-electron chi connectivity index (χ4n) is 8.94. The number of hydrogen-bond acceptors (Lipinski definition) is 6. The Labute approximate surface area is 341 Å². The first-order valence-corrected chi connectivity index (χ1v) is 19.8. The third-order valence-corrected chi connectivity index (χ3v) is 12.2. The molecule has 286 valence electrons. The van der Waals surface area contributed by atoms with Crippen LogP contribution in [0.3, 0.4) is 0 Å². The predicted octanol–water partition coefficient (Wildman–Crippen LogP) is 10.7. The predicted molar refractivity (Wildman–Crippen MR) is 226 cm³/mol. The molecule has 0 saturated carbocycles. The molecule has 6 nitrogen and oxygen atoms in total. The first-order chi connectivity index (χ1) is 27.7. The van der Waals surface area contributed by atoms with Crippen molar-refractivity contribution in [2.45, 2.75) is 48.9 Å². The van der Waals surface area contributed by atoms with Gasteiger partial charge in [-0.15, -0.1) is 0 Å². The molecule has 1 aliphatic heterocycles. The van der Waals surface area contributed by atoms with Crippen LogP contribution >= 0.6 is 15.9 Å². The number of fused-ring (bicyclic) bond motifs is 1. The van der Waals surface area contributed by atoms with E-state index in [2.05, 4.69) is 52.3 Å². The zero-order valence-electron chi connectivity index (χ0n) is 31.3. The van der Waals surface area contributed by atoms with E-state index >= 15 is 0 Å². The summed E-state index contributed by atoms with van der Waals surface area (Å²) in [5.41, 5.74) is 1.67. The van der Waals surface area contributed by atoms with Crippen molar-refractivity contribution in [1.29, 1.82) is 0 Å². The van der Waals surface area contributed by atoms with Gasteiger partial charge in [-0.1, -0.05) is 158 Å². The summed E-state index contributed by atoms with van der Waals surface area (Å²) in [6, 6.07) is 56.7. The molecule has 1 heterocycles. The second-order valence-electron chi connectivity index (χ2n) is 14.9. The highest BCUT2D eigenvalue weighted by molar-refractivity contribution is 9.10. The van der Waals surface area contributed by atoms with Gasteiger partial charge < -0.3 is 29.9 Å². The fraction of sp³-hybridized carbons (Fsp3) is 0.160. The molecule has 2 unspecified atom stereocenters. The Morgan fingerprint density at radius 3 is 1.40 bits per heavy atom. The molecule has 0 aliphatic carbocycles. The van der Waals surface area contributed by atoms with Gasteiger partial charge in [-0.05, 0) is 68.7 Å². The zero-order valence-corrected chi connectivity index (χ0v) is 32.8. The van der Waals surface area contributed by atoms with Gasteiger partial charge in [-0.2, -0.15) is 0 Å². The Hall–Kier alpha value is -6.02. The molecule has 0 aromatic heterocycles. The molecule has 1 aliphatic rings. The maximum absolute atomic E-state index is 12.5. The summed E-state index contributed by atoms with van der Waals surface area (Å²) in [7, 11) is 0. The van der Waals surface area contributed by atoms with Crippen LogP contribution in [0.4, 0.5) is 0 Å². The topological polar surface area (TPSA) is 99.4 Å². The number of phenolic OH excluding ortho intramolecular Hbond substituents is 4. The SMILES string of the molecule is Oc1ccc(C2(Cc3ccccc3)Oc3c(Br)c(O)cc(O)c3C(Cc3ccccc3)(Cc3ccccc3)C2(Cc2ccccc2)OCc2ccccc2)cc1O. The molecule has 8 rings (SSSR count). The summed E-state index contributed by atoms with van der Waals surface area (Å²) in [5, 5.41) is 46.1. The molecule has 0 amide bonds. The summed E-state index contributed by atoms with van der Waals surface area (Å²) >= 11 is 3.72. The van der Waals surface area contributed by atoms with Crippen LogP contribution in [0, 0.1) is 0 Å². The molecule has 57 heavy (non-hydrogen) atoms. The number of benzene rings is 7. The number of phenols is 4. The average molecular weight is 820 g/mol. The van der Waals surface area contributed by atoms with Crippen molar-refractivity contribution < 1.29 is 29.9 Å². The molecule has 0 radical (unpaired) electrons. The van der Waals surface area contributed by atoms with Gasteiger partial charge in [-0.3, -0.25) is 0 Å². The van der Waals surface area contributed by atoms with Crippen LogP contribution in [0.15, 0.2) is 180 Å². The summed E-state index contributed by atoms with van der Waals surface area (Å²) in [4.78, 5) is 0. The van der Waals surface area contributed by atoms with Crippen molar-refractivity contribution in [2.24, 2.45) is 0 Å². The lowest BCUT2D eigenvalue weighted by molar-refractivity contribution is -0.236. The standard InChI is InChI=1S/C50H43BrO6/c51-46-44(55)29-43(54)45-47(46)57-49(32-37-20-10-3-11-21-37,40-26-27-41(52)42(53)28-40)50(33-38-22-12-4-13-23-38,56-34-39-24-14-5-15-25-39)48(45,30-35-16-6-1-7-17-35)31-36-18-8-2-9-19-36/h1-29,52-55H,30-34H2. The van der Waals surface area contributed by atoms with E-state index < -0.39 is 16.6 Å². The molecule has 4 N–H and O–H groups in total. The molecule has 0 spiro atoms. The van der Waals surface area contributed by atoms with Crippen molar-refractivity contribution in [3.8, 4) is 28.7 Å². The fourth-order valence-corrected chi connectivity index (χ4v) is 9.33. The van der Waals surface area contributed by atoms with E-state index in [0.29, 0.717) is 24.0 Å². The van der Waals surface area contributed by atoms with Gasteiger partial charge in [0, 0.05) is 35.4 Å². The van der Waals surface area contributed by atoms with Gasteiger partial charge in [0.2, 0.25) is 0 Å². The van der Waals surface area contributed by atoms with Gasteiger partial charge in [0.15, 0.2) is 17.1 Å². The van der Waals surface area contributed by atoms with Crippen LogP contribution < -0.4 is 4.74 Å². The Kier molecular flexibility index (Phi) is 10.5. The van der Waals surface area contributed by atoms with Gasteiger partial charge >= 0.3 is 0 Å². The van der Waals surface area contributed by atoms with E-state index in [1.54, 1.807) is 12.1 Å². The van der Waals surface area contributed by atoms with Crippen molar-refractivity contribution in [3.63, 3.8) is 0 Å². The Morgan fingerprint density at radius 2 is 0.912 bits per heavy atom. The van der Waals surface area contributed by atoms with Gasteiger partial charge in [0.1, 0.15) is 27.3 Å². The van der Waals surface area contributed by atoms with Crippen LogP contribution in [-0.4, -0.2) is 26.0 Å². The lowest BCUT2D eigenvalue weighted by Gasteiger charge is -2.63. The van der Waals surface area contributed by atoms with Crippen molar-refractivity contribution in [3.05, 3.63) is 219 Å². The number of halogens is 1. The number of hydrogen-bond donors (Lipinski definition) is 4. The van der Waals surface area contributed by atoms with Crippen LogP contribution in [0.5, 0.6) is 28.7 Å². The third kappa shape index (κ3) is 7.02. The van der Waals surface area contributed by atoms with Crippen LogP contribution in [-0.2, 0) is 48.0 Å². The quantitative estimate of drug-likeness (QED) is 0.0917. The summed E-state index contributed by atoms with van der Waals surface area (Å²) < 4.78 is 15.8. The Bertz CT molecular complexity index is 2400. The Morgan fingerprint density at radius 1 is 0.456 bits per heavy atom. The lowest BCUT2D eigenvalue weighted by atomic mass is 9.50. The lowest BCUT2D eigenvalue weighted by Crippen LogP contribution is -2.73. The maximum atomic E-state index is 12.5. The molecular formula is C50H43BrO6. The van der Waals surface area contributed by atoms with E-state index in [1.165, 1.54) is 12.1 Å². The second kappa shape index (κ2) is 15.8.